The van der Waals surface area contributed by atoms with Crippen LogP contribution < -0.4 is 0 Å². The molecule has 1 heterocycles. The van der Waals surface area contributed by atoms with E-state index in [4.69, 9.17) is 0 Å². The summed E-state index contributed by atoms with van der Waals surface area (Å²) in [5.41, 5.74) is 0.143. The van der Waals surface area contributed by atoms with Crippen molar-refractivity contribution in [3.63, 3.8) is 0 Å². The van der Waals surface area contributed by atoms with Gasteiger partial charge in [0, 0.05) is 27.2 Å². The fourth-order valence-electron chi connectivity index (χ4n) is 2.24. The van der Waals surface area contributed by atoms with Crippen molar-refractivity contribution in [1.29, 1.82) is 0 Å². The molecule has 0 spiro atoms. The highest BCUT2D eigenvalue weighted by molar-refractivity contribution is 7.89. The van der Waals surface area contributed by atoms with Crippen molar-refractivity contribution in [1.82, 2.24) is 9.21 Å². The van der Waals surface area contributed by atoms with Crippen LogP contribution in [-0.2, 0) is 14.8 Å². The Balaban J connectivity index is 2.91. The van der Waals surface area contributed by atoms with Gasteiger partial charge in [-0.25, -0.2) is 12.7 Å². The summed E-state index contributed by atoms with van der Waals surface area (Å²) in [6, 6.07) is 0. The summed E-state index contributed by atoms with van der Waals surface area (Å²) in [4.78, 5) is 14.2. The third kappa shape index (κ3) is 3.23. The Morgan fingerprint density at radius 1 is 1.35 bits per heavy atom. The van der Waals surface area contributed by atoms with E-state index in [0.29, 0.717) is 13.0 Å². The lowest BCUT2D eigenvalue weighted by Crippen LogP contribution is -2.51. The number of likely N-dealkylation sites (tertiary alicyclic amines) is 1. The van der Waals surface area contributed by atoms with Gasteiger partial charge in [0.15, 0.2) is 0 Å². The van der Waals surface area contributed by atoms with Gasteiger partial charge >= 0.3 is 0 Å². The zero-order valence-electron chi connectivity index (χ0n) is 13.1. The molecule has 0 N–H and O–H groups in total. The zero-order chi connectivity index (χ0) is 15.7. The lowest BCUT2D eigenvalue weighted by Gasteiger charge is -2.38. The highest BCUT2D eigenvalue weighted by atomic mass is 32.2. The van der Waals surface area contributed by atoms with Gasteiger partial charge in [0.1, 0.15) is 0 Å². The molecule has 116 valence electrons. The number of piperidine rings is 1. The van der Waals surface area contributed by atoms with E-state index in [0.717, 1.165) is 12.0 Å². The van der Waals surface area contributed by atoms with Crippen LogP contribution in [0.4, 0.5) is 0 Å². The maximum absolute atomic E-state index is 12.6. The second kappa shape index (κ2) is 5.85. The van der Waals surface area contributed by atoms with Gasteiger partial charge in [-0.1, -0.05) is 12.2 Å². The van der Waals surface area contributed by atoms with E-state index in [1.165, 1.54) is 18.4 Å². The van der Waals surface area contributed by atoms with E-state index < -0.39 is 20.7 Å². The summed E-state index contributed by atoms with van der Waals surface area (Å²) in [7, 11) is -0.244. The van der Waals surface area contributed by atoms with Crippen LogP contribution in [0, 0.1) is 5.41 Å². The summed E-state index contributed by atoms with van der Waals surface area (Å²) in [5.74, 6) is -0.0383. The molecule has 1 saturated heterocycles. The first-order chi connectivity index (χ1) is 9.01. The Bertz CT molecular complexity index is 495. The molecular weight excluding hydrogens is 276 g/mol. The van der Waals surface area contributed by atoms with Crippen LogP contribution in [0.15, 0.2) is 12.2 Å². The van der Waals surface area contributed by atoms with Gasteiger partial charge in [0.05, 0.1) is 10.7 Å². The summed E-state index contributed by atoms with van der Waals surface area (Å²) >= 11 is 0. The van der Waals surface area contributed by atoms with Crippen LogP contribution in [0.2, 0.25) is 0 Å². The first-order valence-electron chi connectivity index (χ1n) is 6.88. The number of hydrogen-bond donors (Lipinski definition) is 0. The predicted molar refractivity (Wildman–Crippen MR) is 80.8 cm³/mol. The van der Waals surface area contributed by atoms with Gasteiger partial charge < -0.3 is 4.90 Å². The summed E-state index contributed by atoms with van der Waals surface area (Å²) in [5, 5.41) is -0.504. The molecule has 0 aromatic rings. The minimum Gasteiger partial charge on any atom is -0.341 e. The topological polar surface area (TPSA) is 57.7 Å². The van der Waals surface area contributed by atoms with Gasteiger partial charge in [-0.15, -0.1) is 0 Å². The quantitative estimate of drug-likeness (QED) is 0.739. The Kier molecular flexibility index (Phi) is 5.03. The molecule has 0 unspecified atom stereocenters. The van der Waals surface area contributed by atoms with E-state index in [-0.39, 0.29) is 12.5 Å². The predicted octanol–water partition coefficient (Wildman–Crippen LogP) is 1.47. The van der Waals surface area contributed by atoms with Gasteiger partial charge in [-0.05, 0) is 33.6 Å². The highest BCUT2D eigenvalue weighted by Crippen LogP contribution is 2.29. The molecule has 0 aromatic carbocycles. The number of rotatable bonds is 4. The summed E-state index contributed by atoms with van der Waals surface area (Å²) in [6.07, 6.45) is 1.33. The monoisotopic (exact) mass is 302 g/mol. The molecule has 1 aliphatic rings. The van der Waals surface area contributed by atoms with Crippen molar-refractivity contribution in [3.05, 3.63) is 12.2 Å². The van der Waals surface area contributed by atoms with Crippen molar-refractivity contribution >= 4 is 15.9 Å². The lowest BCUT2D eigenvalue weighted by molar-refractivity contribution is -0.139. The molecule has 5 nitrogen and oxygen atoms in total. The molecule has 1 rings (SSSR count). The maximum Gasteiger partial charge on any atom is 0.232 e. The van der Waals surface area contributed by atoms with Crippen molar-refractivity contribution in [2.75, 3.05) is 27.2 Å². The number of carbonyl (C=O) groups excluding carboxylic acids is 1. The third-order valence-electron chi connectivity index (χ3n) is 4.20. The Labute approximate surface area is 122 Å². The molecule has 0 radical (unpaired) electrons. The van der Waals surface area contributed by atoms with Crippen LogP contribution in [0.25, 0.3) is 0 Å². The largest absolute Gasteiger partial charge is 0.341 e. The second-order valence-electron chi connectivity index (χ2n) is 6.25. The van der Waals surface area contributed by atoms with Crippen LogP contribution in [0.1, 0.15) is 33.6 Å². The summed E-state index contributed by atoms with van der Waals surface area (Å²) in [6.45, 7) is 10.3. The molecule has 0 aliphatic carbocycles. The first kappa shape index (κ1) is 17.2. The van der Waals surface area contributed by atoms with Crippen LogP contribution in [0.5, 0.6) is 0 Å². The van der Waals surface area contributed by atoms with E-state index >= 15 is 0 Å². The van der Waals surface area contributed by atoms with E-state index in [9.17, 15) is 13.2 Å². The average Bonchev–Trinajstić information content (AvgIpc) is 2.37. The van der Waals surface area contributed by atoms with Crippen molar-refractivity contribution in [3.8, 4) is 0 Å². The molecular formula is C14H26N2O3S. The number of carbonyl (C=O) groups is 1. The minimum absolute atomic E-state index is 0.0383. The van der Waals surface area contributed by atoms with Gasteiger partial charge in [-0.2, -0.15) is 0 Å². The van der Waals surface area contributed by atoms with E-state index in [1.807, 2.05) is 20.8 Å². The fourth-order valence-corrected chi connectivity index (χ4v) is 3.67. The maximum atomic E-state index is 12.6. The van der Waals surface area contributed by atoms with Crippen LogP contribution >= 0.6 is 0 Å². The highest BCUT2D eigenvalue weighted by Gasteiger charge is 2.38. The van der Waals surface area contributed by atoms with E-state index in [2.05, 4.69) is 6.58 Å². The van der Waals surface area contributed by atoms with Crippen molar-refractivity contribution < 1.29 is 13.2 Å². The average molecular weight is 302 g/mol. The Hall–Kier alpha value is -0.880. The van der Waals surface area contributed by atoms with Gasteiger partial charge in [0.2, 0.25) is 15.9 Å². The lowest BCUT2D eigenvalue weighted by atomic mass is 9.84. The zero-order valence-corrected chi connectivity index (χ0v) is 14.0. The number of hydrogen-bond acceptors (Lipinski definition) is 3. The van der Waals surface area contributed by atoms with E-state index in [1.54, 1.807) is 4.90 Å². The smallest absolute Gasteiger partial charge is 0.232 e. The molecule has 0 saturated carbocycles. The Morgan fingerprint density at radius 2 is 1.90 bits per heavy atom. The third-order valence-corrected chi connectivity index (χ3v) is 6.44. The molecule has 1 aliphatic heterocycles. The van der Waals surface area contributed by atoms with Gasteiger partial charge in [0.25, 0.3) is 0 Å². The Morgan fingerprint density at radius 3 is 2.35 bits per heavy atom. The van der Waals surface area contributed by atoms with Crippen LogP contribution in [0.3, 0.4) is 0 Å². The number of amides is 1. The minimum atomic E-state index is -3.32. The molecule has 6 heteroatoms. The molecule has 1 amide bonds. The van der Waals surface area contributed by atoms with Crippen molar-refractivity contribution in [2.24, 2.45) is 5.41 Å². The standard InChI is InChI=1S/C14H26N2O3S/c1-11(2)14(3,4)13(17)16-9-7-8-12(10-16)20(18,19)15(5)6/h12H,1,7-10H2,2-6H3/t12-/m0/s1. The fraction of sp³-hybridized carbons (Fsp3) is 0.786. The first-order valence-corrected chi connectivity index (χ1v) is 8.38. The SMILES string of the molecule is C=C(C)C(C)(C)C(=O)N1CCC[C@H](S(=O)(=O)N(C)C)C1. The molecule has 0 aromatic heterocycles. The molecule has 1 atom stereocenters. The van der Waals surface area contributed by atoms with Gasteiger partial charge in [-0.3, -0.25) is 4.79 Å². The molecule has 0 bridgehead atoms. The number of nitrogens with zero attached hydrogens (tertiary/aromatic N) is 2. The molecule has 20 heavy (non-hydrogen) atoms. The normalized spacial score (nSPS) is 21.1. The second-order valence-corrected chi connectivity index (χ2v) is 8.67. The summed E-state index contributed by atoms with van der Waals surface area (Å²) < 4.78 is 25.7. The molecule has 1 fully saturated rings. The van der Waals surface area contributed by atoms with Crippen molar-refractivity contribution in [2.45, 2.75) is 38.9 Å². The number of sulfonamides is 1. The van der Waals surface area contributed by atoms with Crippen LogP contribution in [-0.4, -0.2) is 56.0 Å².